The zero-order valence-corrected chi connectivity index (χ0v) is 14.8. The highest BCUT2D eigenvalue weighted by molar-refractivity contribution is 7.19. The fourth-order valence-electron chi connectivity index (χ4n) is 3.09. The summed E-state index contributed by atoms with van der Waals surface area (Å²) in [6, 6.07) is 20.5. The molecule has 2 aromatic heterocycles. The first-order valence-corrected chi connectivity index (χ1v) is 8.84. The molecule has 0 aliphatic rings. The van der Waals surface area contributed by atoms with E-state index in [1.54, 1.807) is 18.3 Å². The average molecular weight is 347 g/mol. The molecule has 4 nitrogen and oxygen atoms in total. The van der Waals surface area contributed by atoms with Crippen molar-refractivity contribution >= 4 is 22.0 Å². The van der Waals surface area contributed by atoms with Crippen LogP contribution < -0.4 is 0 Å². The molecule has 0 radical (unpaired) electrons. The van der Waals surface area contributed by atoms with E-state index in [-0.39, 0.29) is 0 Å². The maximum Gasteiger partial charge on any atom is 0.195 e. The van der Waals surface area contributed by atoms with Crippen molar-refractivity contribution in [1.29, 1.82) is 0 Å². The van der Waals surface area contributed by atoms with Crippen LogP contribution >= 0.6 is 11.3 Å². The van der Waals surface area contributed by atoms with Crippen LogP contribution in [-0.2, 0) is 0 Å². The minimum Gasteiger partial charge on any atom is -0.411 e. The summed E-state index contributed by atoms with van der Waals surface area (Å²) in [4.78, 5) is 6.74. The van der Waals surface area contributed by atoms with Crippen molar-refractivity contribution in [3.8, 4) is 22.5 Å². The standard InChI is InChI=1S/C20H17N3OS/c1-13(22-24)19-14(2)23-18(16-11-7-4-8-12-16)17(21-20(23)25-19)15-9-5-3-6-10-15/h3-12,24H,1-2H3/b22-13-. The zero-order chi connectivity index (χ0) is 17.4. The molecular weight excluding hydrogens is 330 g/mol. The van der Waals surface area contributed by atoms with Gasteiger partial charge in [0.2, 0.25) is 0 Å². The van der Waals surface area contributed by atoms with Crippen LogP contribution in [0, 0.1) is 6.92 Å². The second kappa shape index (κ2) is 6.18. The molecule has 0 amide bonds. The highest BCUT2D eigenvalue weighted by atomic mass is 32.1. The van der Waals surface area contributed by atoms with Gasteiger partial charge >= 0.3 is 0 Å². The molecule has 25 heavy (non-hydrogen) atoms. The Morgan fingerprint density at radius 3 is 2.20 bits per heavy atom. The number of nitrogens with zero attached hydrogens (tertiary/aromatic N) is 3. The quantitative estimate of drug-likeness (QED) is 0.313. The van der Waals surface area contributed by atoms with Crippen molar-refractivity contribution < 1.29 is 5.21 Å². The third-order valence-electron chi connectivity index (χ3n) is 4.28. The Morgan fingerprint density at radius 1 is 1.00 bits per heavy atom. The summed E-state index contributed by atoms with van der Waals surface area (Å²) in [7, 11) is 0. The van der Waals surface area contributed by atoms with Crippen LogP contribution in [0.5, 0.6) is 0 Å². The SMILES string of the molecule is C/C(=N/O)c1sc2nc(-c3ccccc3)c(-c3ccccc3)n2c1C. The fourth-order valence-corrected chi connectivity index (χ4v) is 4.15. The van der Waals surface area contributed by atoms with Gasteiger partial charge < -0.3 is 5.21 Å². The summed E-state index contributed by atoms with van der Waals surface area (Å²) >= 11 is 1.54. The smallest absolute Gasteiger partial charge is 0.195 e. The molecule has 2 aromatic carbocycles. The van der Waals surface area contributed by atoms with Crippen LogP contribution in [0.1, 0.15) is 17.5 Å². The number of oxime groups is 1. The van der Waals surface area contributed by atoms with Crippen LogP contribution in [0.3, 0.4) is 0 Å². The number of aryl methyl sites for hydroxylation is 1. The Labute approximate surface area is 149 Å². The summed E-state index contributed by atoms with van der Waals surface area (Å²) in [5.74, 6) is 0. The third-order valence-corrected chi connectivity index (χ3v) is 5.53. The molecule has 0 aliphatic heterocycles. The monoisotopic (exact) mass is 347 g/mol. The lowest BCUT2D eigenvalue weighted by molar-refractivity contribution is 0.319. The van der Waals surface area contributed by atoms with Gasteiger partial charge in [0.05, 0.1) is 22.0 Å². The summed E-state index contributed by atoms with van der Waals surface area (Å²) in [5.41, 5.74) is 5.86. The van der Waals surface area contributed by atoms with Gasteiger partial charge in [-0.25, -0.2) is 4.98 Å². The highest BCUT2D eigenvalue weighted by Gasteiger charge is 2.21. The molecule has 0 bridgehead atoms. The van der Waals surface area contributed by atoms with Crippen molar-refractivity contribution in [2.45, 2.75) is 13.8 Å². The Hall–Kier alpha value is -2.92. The van der Waals surface area contributed by atoms with Crippen LogP contribution in [-0.4, -0.2) is 20.3 Å². The Balaban J connectivity index is 2.07. The van der Waals surface area contributed by atoms with Gasteiger partial charge in [0.15, 0.2) is 4.96 Å². The fraction of sp³-hybridized carbons (Fsp3) is 0.100. The van der Waals surface area contributed by atoms with Crippen molar-refractivity contribution in [2.75, 3.05) is 0 Å². The van der Waals surface area contributed by atoms with E-state index in [4.69, 9.17) is 10.2 Å². The molecular formula is C20H17N3OS. The first-order chi connectivity index (χ1) is 12.2. The molecule has 4 rings (SSSR count). The maximum absolute atomic E-state index is 9.16. The number of benzene rings is 2. The van der Waals surface area contributed by atoms with Gasteiger partial charge in [0.25, 0.3) is 0 Å². The normalized spacial score (nSPS) is 12.0. The lowest BCUT2D eigenvalue weighted by Gasteiger charge is -2.07. The second-order valence-electron chi connectivity index (χ2n) is 5.86. The van der Waals surface area contributed by atoms with Crippen molar-refractivity contribution in [1.82, 2.24) is 9.38 Å². The van der Waals surface area contributed by atoms with Crippen molar-refractivity contribution in [3.05, 3.63) is 71.2 Å². The lowest BCUT2D eigenvalue weighted by atomic mass is 10.0. The molecule has 0 fully saturated rings. The lowest BCUT2D eigenvalue weighted by Crippen LogP contribution is -1.97. The topological polar surface area (TPSA) is 49.9 Å². The van der Waals surface area contributed by atoms with Crippen LogP contribution in [0.15, 0.2) is 65.8 Å². The predicted octanol–water partition coefficient (Wildman–Crippen LogP) is 5.24. The maximum atomic E-state index is 9.16. The number of thiazole rings is 1. The first-order valence-electron chi connectivity index (χ1n) is 8.02. The van der Waals surface area contributed by atoms with E-state index >= 15 is 0 Å². The molecule has 0 spiro atoms. The van der Waals surface area contributed by atoms with Gasteiger partial charge in [-0.15, -0.1) is 0 Å². The summed E-state index contributed by atoms with van der Waals surface area (Å²) in [6.07, 6.45) is 0. The number of hydrogen-bond acceptors (Lipinski definition) is 4. The van der Waals surface area contributed by atoms with Crippen LogP contribution in [0.25, 0.3) is 27.5 Å². The molecule has 0 atom stereocenters. The molecule has 5 heteroatoms. The van der Waals surface area contributed by atoms with E-state index < -0.39 is 0 Å². The van der Waals surface area contributed by atoms with E-state index in [1.165, 1.54) is 0 Å². The second-order valence-corrected chi connectivity index (χ2v) is 6.84. The molecule has 0 saturated heterocycles. The molecule has 2 heterocycles. The zero-order valence-electron chi connectivity index (χ0n) is 14.0. The number of hydrogen-bond donors (Lipinski definition) is 1. The molecule has 1 N–H and O–H groups in total. The van der Waals surface area contributed by atoms with Gasteiger partial charge in [-0.3, -0.25) is 4.40 Å². The van der Waals surface area contributed by atoms with E-state index in [0.29, 0.717) is 5.71 Å². The van der Waals surface area contributed by atoms with Gasteiger partial charge in [0.1, 0.15) is 0 Å². The molecule has 0 unspecified atom stereocenters. The number of aromatic nitrogens is 2. The van der Waals surface area contributed by atoms with Crippen LogP contribution in [0.2, 0.25) is 0 Å². The van der Waals surface area contributed by atoms with E-state index in [2.05, 4.69) is 33.8 Å². The van der Waals surface area contributed by atoms with Crippen molar-refractivity contribution in [2.24, 2.45) is 5.16 Å². The summed E-state index contributed by atoms with van der Waals surface area (Å²) in [6.45, 7) is 3.84. The van der Waals surface area contributed by atoms with E-state index in [9.17, 15) is 0 Å². The third kappa shape index (κ3) is 2.53. The predicted molar refractivity (Wildman–Crippen MR) is 103 cm³/mol. The molecule has 4 aromatic rings. The minimum atomic E-state index is 0.605. The van der Waals surface area contributed by atoms with Gasteiger partial charge in [-0.1, -0.05) is 77.2 Å². The average Bonchev–Trinajstić information content (AvgIpc) is 3.19. The van der Waals surface area contributed by atoms with E-state index in [1.807, 2.05) is 43.3 Å². The van der Waals surface area contributed by atoms with Gasteiger partial charge in [-0.2, -0.15) is 0 Å². The van der Waals surface area contributed by atoms with Gasteiger partial charge in [-0.05, 0) is 13.8 Å². The number of imidazole rings is 1. The van der Waals surface area contributed by atoms with Crippen LogP contribution in [0.4, 0.5) is 0 Å². The molecule has 0 saturated carbocycles. The van der Waals surface area contributed by atoms with E-state index in [0.717, 1.165) is 38.0 Å². The Kier molecular flexibility index (Phi) is 3.86. The Bertz CT molecular complexity index is 1060. The van der Waals surface area contributed by atoms with Gasteiger partial charge in [0, 0.05) is 16.8 Å². The number of fused-ring (bicyclic) bond motifs is 1. The summed E-state index contributed by atoms with van der Waals surface area (Å²) in [5, 5.41) is 12.5. The number of rotatable bonds is 3. The summed E-state index contributed by atoms with van der Waals surface area (Å²) < 4.78 is 2.16. The molecule has 0 aliphatic carbocycles. The van der Waals surface area contributed by atoms with Crippen molar-refractivity contribution in [3.63, 3.8) is 0 Å². The first kappa shape index (κ1) is 15.6. The Morgan fingerprint density at radius 2 is 1.60 bits per heavy atom. The molecule has 124 valence electrons. The minimum absolute atomic E-state index is 0.605. The largest absolute Gasteiger partial charge is 0.411 e. The highest BCUT2D eigenvalue weighted by Crippen LogP contribution is 2.37.